The third kappa shape index (κ3) is 5.09. The van der Waals surface area contributed by atoms with E-state index in [1.165, 1.54) is 12.1 Å². The molecule has 0 amide bonds. The number of nitrogens with one attached hydrogen (secondary N) is 1. The van der Waals surface area contributed by atoms with E-state index >= 15 is 0 Å². The molecule has 8 nitrogen and oxygen atoms in total. The van der Waals surface area contributed by atoms with Crippen LogP contribution in [0.25, 0.3) is 0 Å². The van der Waals surface area contributed by atoms with Crippen LogP contribution in [0.2, 0.25) is 0 Å². The van der Waals surface area contributed by atoms with E-state index in [2.05, 4.69) is 14.1 Å². The van der Waals surface area contributed by atoms with Gasteiger partial charge in [0.1, 0.15) is 10.6 Å². The second kappa shape index (κ2) is 9.63. The molecule has 0 bridgehead atoms. The third-order valence-electron chi connectivity index (χ3n) is 5.14. The van der Waals surface area contributed by atoms with Crippen molar-refractivity contribution in [1.82, 2.24) is 4.83 Å². The average molecular weight is 562 g/mol. The van der Waals surface area contributed by atoms with Crippen LogP contribution >= 0.6 is 0 Å². The molecule has 0 aromatic heterocycles. The molecule has 196 valence electrons. The maximum Gasteiger partial charge on any atom is 0.339 e. The Bertz CT molecular complexity index is 1610. The van der Waals surface area contributed by atoms with Crippen molar-refractivity contribution in [2.24, 2.45) is 5.10 Å². The second-order valence-corrected chi connectivity index (χ2v) is 10.9. The summed E-state index contributed by atoms with van der Waals surface area (Å²) >= 11 is 0. The predicted octanol–water partition coefficient (Wildman–Crippen LogP) is 3.92. The summed E-state index contributed by atoms with van der Waals surface area (Å²) < 4.78 is 128. The molecule has 3 aromatic rings. The van der Waals surface area contributed by atoms with E-state index < -0.39 is 59.9 Å². The van der Waals surface area contributed by atoms with Crippen LogP contribution < -0.4 is 13.8 Å². The van der Waals surface area contributed by atoms with Gasteiger partial charge in [0.05, 0.1) is 17.2 Å². The lowest BCUT2D eigenvalue weighted by Gasteiger charge is -2.20. The number of fused-ring (bicyclic) bond motifs is 1. The van der Waals surface area contributed by atoms with Crippen molar-refractivity contribution in [2.45, 2.75) is 23.1 Å². The lowest BCUT2D eigenvalue weighted by atomic mass is 10.0. The van der Waals surface area contributed by atoms with E-state index in [1.807, 2.05) is 0 Å². The first-order chi connectivity index (χ1) is 17.3. The molecule has 1 N–H and O–H groups in total. The minimum Gasteiger partial charge on any atom is -0.492 e. The number of nitrogens with zero attached hydrogens (tertiary/aromatic N) is 1. The highest BCUT2D eigenvalue weighted by atomic mass is 32.2. The monoisotopic (exact) mass is 562 g/mol. The van der Waals surface area contributed by atoms with Gasteiger partial charge in [0.25, 0.3) is 10.0 Å². The van der Waals surface area contributed by atoms with Crippen molar-refractivity contribution in [3.05, 3.63) is 82.7 Å². The summed E-state index contributed by atoms with van der Waals surface area (Å²) in [6.07, 6.45) is 0.135. The van der Waals surface area contributed by atoms with Gasteiger partial charge in [-0.15, -0.1) is 0 Å². The fraction of sp³-hybridized carbons (Fsp3) is 0.136. The van der Waals surface area contributed by atoms with Gasteiger partial charge in [-0.1, -0.05) is 17.7 Å². The molecule has 0 saturated carbocycles. The summed E-state index contributed by atoms with van der Waals surface area (Å²) in [5.41, 5.74) is 1.22. The Balaban J connectivity index is 1.63. The zero-order chi connectivity index (χ0) is 27.1. The van der Waals surface area contributed by atoms with Gasteiger partial charge in [0.2, 0.25) is 34.8 Å². The standard InChI is InChI=1S/C22H15F5N2O6S2/c1-11-2-4-12(5-3-11)36(30,31)29-28-15-8-9-34-16-10-13(6-7-14(15)16)37(32,33)35-22-20(26)18(24)17(23)19(25)21(22)27/h2-7,10,29H,8-9H2,1H3/b28-15+. The lowest BCUT2D eigenvalue weighted by molar-refractivity contribution is 0.319. The van der Waals surface area contributed by atoms with Gasteiger partial charge in [-0.05, 0) is 31.2 Å². The van der Waals surface area contributed by atoms with E-state index in [0.29, 0.717) is 0 Å². The molecule has 0 radical (unpaired) electrons. The van der Waals surface area contributed by atoms with Crippen molar-refractivity contribution in [1.29, 1.82) is 0 Å². The van der Waals surface area contributed by atoms with Gasteiger partial charge >= 0.3 is 10.1 Å². The summed E-state index contributed by atoms with van der Waals surface area (Å²) in [4.78, 5) is 1.31. The Hall–Kier alpha value is -3.72. The summed E-state index contributed by atoms with van der Waals surface area (Å²) in [5, 5.41) is 3.91. The number of ether oxygens (including phenoxy) is 1. The van der Waals surface area contributed by atoms with E-state index in [-0.39, 0.29) is 34.9 Å². The Kier molecular flexibility index (Phi) is 6.85. The molecule has 1 aliphatic rings. The molecule has 0 aliphatic carbocycles. The number of rotatable bonds is 6. The molecule has 0 saturated heterocycles. The predicted molar refractivity (Wildman–Crippen MR) is 119 cm³/mol. The fourth-order valence-corrected chi connectivity index (χ4v) is 5.00. The SMILES string of the molecule is Cc1ccc(S(=O)(=O)N/N=C2\CCOc3cc(S(=O)(=O)Oc4c(F)c(F)c(F)c(F)c4F)ccc32)cc1. The highest BCUT2D eigenvalue weighted by molar-refractivity contribution is 7.89. The number of benzene rings is 3. The molecule has 15 heteroatoms. The zero-order valence-corrected chi connectivity index (χ0v) is 20.2. The van der Waals surface area contributed by atoms with E-state index in [4.69, 9.17) is 4.74 Å². The molecule has 0 spiro atoms. The second-order valence-electron chi connectivity index (χ2n) is 7.66. The zero-order valence-electron chi connectivity index (χ0n) is 18.6. The van der Waals surface area contributed by atoms with Gasteiger partial charge in [0, 0.05) is 18.1 Å². The highest BCUT2D eigenvalue weighted by Gasteiger charge is 2.32. The quantitative estimate of drug-likeness (QED) is 0.160. The summed E-state index contributed by atoms with van der Waals surface area (Å²) in [6.45, 7) is 1.74. The molecule has 4 rings (SSSR count). The van der Waals surface area contributed by atoms with Gasteiger partial charge in [-0.25, -0.2) is 13.2 Å². The van der Waals surface area contributed by atoms with Crippen LogP contribution in [-0.4, -0.2) is 29.2 Å². The van der Waals surface area contributed by atoms with E-state index in [1.54, 1.807) is 19.1 Å². The number of sulfonamides is 1. The van der Waals surface area contributed by atoms with Crippen molar-refractivity contribution in [2.75, 3.05) is 6.61 Å². The first-order valence-electron chi connectivity index (χ1n) is 10.2. The molecule has 3 aromatic carbocycles. The molecule has 1 heterocycles. The minimum atomic E-state index is -5.10. The van der Waals surface area contributed by atoms with E-state index in [0.717, 1.165) is 23.8 Å². The fourth-order valence-electron chi connectivity index (χ4n) is 3.23. The number of aryl methyl sites for hydroxylation is 1. The first-order valence-corrected chi connectivity index (χ1v) is 13.1. The average Bonchev–Trinajstić information content (AvgIpc) is 2.87. The van der Waals surface area contributed by atoms with Crippen LogP contribution in [0.4, 0.5) is 22.0 Å². The lowest BCUT2D eigenvalue weighted by Crippen LogP contribution is -2.24. The van der Waals surface area contributed by atoms with Gasteiger partial charge in [-0.2, -0.15) is 35.5 Å². The Morgan fingerprint density at radius 3 is 2.03 bits per heavy atom. The topological polar surface area (TPSA) is 111 Å². The number of hydrogen-bond acceptors (Lipinski definition) is 7. The number of hydrazone groups is 1. The summed E-state index contributed by atoms with van der Waals surface area (Å²) in [5.74, 6) is -14.3. The highest BCUT2D eigenvalue weighted by Crippen LogP contribution is 2.33. The molecule has 0 fully saturated rings. The smallest absolute Gasteiger partial charge is 0.339 e. The van der Waals surface area contributed by atoms with Crippen molar-refractivity contribution >= 4 is 25.9 Å². The Labute approximate surface area is 207 Å². The number of halogens is 5. The van der Waals surface area contributed by atoms with Crippen LogP contribution in [0.3, 0.4) is 0 Å². The molecule has 0 unspecified atom stereocenters. The van der Waals surface area contributed by atoms with Crippen LogP contribution in [0, 0.1) is 36.0 Å². The van der Waals surface area contributed by atoms with Crippen LogP contribution in [0.5, 0.6) is 11.5 Å². The van der Waals surface area contributed by atoms with E-state index in [9.17, 15) is 38.8 Å². The molecule has 37 heavy (non-hydrogen) atoms. The largest absolute Gasteiger partial charge is 0.492 e. The maximum atomic E-state index is 13.9. The van der Waals surface area contributed by atoms with Crippen LogP contribution in [0.15, 0.2) is 57.4 Å². The first kappa shape index (κ1) is 26.3. The molecule has 0 atom stereocenters. The molecular weight excluding hydrogens is 547 g/mol. The number of hydrogen-bond donors (Lipinski definition) is 1. The Morgan fingerprint density at radius 1 is 0.838 bits per heavy atom. The normalized spacial score (nSPS) is 14.7. The maximum absolute atomic E-state index is 13.9. The van der Waals surface area contributed by atoms with Gasteiger partial charge in [-0.3, -0.25) is 0 Å². The minimum absolute atomic E-state index is 0.0403. The molecular formula is C22H15F5N2O6S2. The van der Waals surface area contributed by atoms with Crippen molar-refractivity contribution < 1.29 is 47.7 Å². The van der Waals surface area contributed by atoms with Crippen LogP contribution in [0.1, 0.15) is 17.5 Å². The molecule has 1 aliphatic heterocycles. The summed E-state index contributed by atoms with van der Waals surface area (Å²) in [7, 11) is -9.11. The van der Waals surface area contributed by atoms with Crippen molar-refractivity contribution in [3.8, 4) is 11.5 Å². The third-order valence-corrected chi connectivity index (χ3v) is 7.59. The van der Waals surface area contributed by atoms with Crippen molar-refractivity contribution in [3.63, 3.8) is 0 Å². The summed E-state index contributed by atoms with van der Waals surface area (Å²) in [6, 6.07) is 8.90. The van der Waals surface area contributed by atoms with Gasteiger partial charge < -0.3 is 8.92 Å². The Morgan fingerprint density at radius 2 is 1.41 bits per heavy atom. The van der Waals surface area contributed by atoms with Gasteiger partial charge in [0.15, 0.2) is 0 Å². The van der Waals surface area contributed by atoms with Crippen LogP contribution in [-0.2, 0) is 20.1 Å².